The van der Waals surface area contributed by atoms with Crippen LogP contribution in [0.1, 0.15) is 11.1 Å². The lowest BCUT2D eigenvalue weighted by molar-refractivity contribution is -0.00000466. The molecule has 3 aromatic carbocycles. The van der Waals surface area contributed by atoms with E-state index >= 15 is 0 Å². The molecule has 0 saturated heterocycles. The first-order chi connectivity index (χ1) is 10.8. The number of hydrogen-bond donors (Lipinski definition) is 0. The summed E-state index contributed by atoms with van der Waals surface area (Å²) >= 11 is 0. The topological polar surface area (TPSA) is 0 Å². The first-order valence-electron chi connectivity index (χ1n) is 7.74. The molecule has 2 heteroatoms. The van der Waals surface area contributed by atoms with E-state index in [1.165, 1.54) is 16.8 Å². The third-order valence-electron chi connectivity index (χ3n) is 4.13. The maximum atomic E-state index is 2.31. The Labute approximate surface area is 145 Å². The second-order valence-electron chi connectivity index (χ2n) is 6.02. The minimum atomic E-state index is 0. The molecule has 0 aliphatic rings. The summed E-state index contributed by atoms with van der Waals surface area (Å²) in [6.45, 7) is 1.97. The Morgan fingerprint density at radius 1 is 0.565 bits per heavy atom. The molecule has 3 aromatic rings. The first kappa shape index (κ1) is 17.3. The molecule has 0 unspecified atom stereocenters. The quantitative estimate of drug-likeness (QED) is 0.630. The van der Waals surface area contributed by atoms with Gasteiger partial charge in [0.2, 0.25) is 0 Å². The number of rotatable bonds is 5. The van der Waals surface area contributed by atoms with Crippen LogP contribution in [0.15, 0.2) is 91.0 Å². The minimum absolute atomic E-state index is 0. The van der Waals surface area contributed by atoms with Crippen molar-refractivity contribution in [3.8, 4) is 0 Å². The van der Waals surface area contributed by atoms with Gasteiger partial charge in [-0.05, 0) is 12.1 Å². The van der Waals surface area contributed by atoms with Gasteiger partial charge in [0.25, 0.3) is 0 Å². The Bertz CT molecular complexity index is 654. The lowest BCUT2D eigenvalue weighted by Crippen LogP contribution is -3.00. The van der Waals surface area contributed by atoms with Crippen LogP contribution in [0.25, 0.3) is 0 Å². The molecule has 0 aromatic heterocycles. The van der Waals surface area contributed by atoms with Crippen molar-refractivity contribution in [3.63, 3.8) is 0 Å². The van der Waals surface area contributed by atoms with Gasteiger partial charge in [0.1, 0.15) is 18.8 Å². The van der Waals surface area contributed by atoms with E-state index in [-0.39, 0.29) is 12.4 Å². The highest BCUT2D eigenvalue weighted by atomic mass is 35.5. The Morgan fingerprint density at radius 2 is 0.913 bits per heavy atom. The third kappa shape index (κ3) is 4.44. The molecule has 118 valence electrons. The average molecular weight is 324 g/mol. The van der Waals surface area contributed by atoms with Crippen molar-refractivity contribution in [2.75, 3.05) is 7.05 Å². The number of nitrogens with zero attached hydrogens (tertiary/aromatic N) is 1. The second-order valence-corrected chi connectivity index (χ2v) is 6.02. The van der Waals surface area contributed by atoms with Crippen LogP contribution >= 0.6 is 0 Å². The summed E-state index contributed by atoms with van der Waals surface area (Å²) in [6, 6.07) is 32.3. The van der Waals surface area contributed by atoms with Crippen LogP contribution in [0.4, 0.5) is 5.69 Å². The summed E-state index contributed by atoms with van der Waals surface area (Å²) in [6.07, 6.45) is 0. The van der Waals surface area contributed by atoms with Crippen molar-refractivity contribution in [1.29, 1.82) is 0 Å². The molecule has 0 N–H and O–H groups in total. The van der Waals surface area contributed by atoms with Gasteiger partial charge in [0.15, 0.2) is 0 Å². The van der Waals surface area contributed by atoms with Crippen LogP contribution in [0.2, 0.25) is 0 Å². The number of quaternary nitrogens is 1. The zero-order chi connectivity index (χ0) is 15.3. The predicted molar refractivity (Wildman–Crippen MR) is 94.5 cm³/mol. The summed E-state index contributed by atoms with van der Waals surface area (Å²) in [5.74, 6) is 0. The van der Waals surface area contributed by atoms with E-state index in [9.17, 15) is 0 Å². The lowest BCUT2D eigenvalue weighted by Gasteiger charge is -2.34. The monoisotopic (exact) mass is 323 g/mol. The Kier molecular flexibility index (Phi) is 5.97. The van der Waals surface area contributed by atoms with E-state index in [0.29, 0.717) is 0 Å². The van der Waals surface area contributed by atoms with Crippen LogP contribution in [0, 0.1) is 0 Å². The molecule has 1 nitrogen and oxygen atoms in total. The fraction of sp³-hybridized carbons (Fsp3) is 0.143. The maximum Gasteiger partial charge on any atom is 0.133 e. The molecule has 0 fully saturated rings. The van der Waals surface area contributed by atoms with Gasteiger partial charge in [-0.2, -0.15) is 0 Å². The Balaban J connectivity index is 0.00000192. The van der Waals surface area contributed by atoms with E-state index in [2.05, 4.69) is 98.0 Å². The van der Waals surface area contributed by atoms with Crippen LogP contribution < -0.4 is 16.9 Å². The van der Waals surface area contributed by atoms with Crippen LogP contribution in [0.3, 0.4) is 0 Å². The molecular formula is C21H22ClN. The Hall–Kier alpha value is -2.09. The van der Waals surface area contributed by atoms with Crippen LogP contribution in [0.5, 0.6) is 0 Å². The molecule has 0 heterocycles. The molecule has 23 heavy (non-hydrogen) atoms. The van der Waals surface area contributed by atoms with E-state index in [1.54, 1.807) is 0 Å². The smallest absolute Gasteiger partial charge is 0.133 e. The molecule has 0 bridgehead atoms. The van der Waals surface area contributed by atoms with Gasteiger partial charge >= 0.3 is 0 Å². The fourth-order valence-corrected chi connectivity index (χ4v) is 3.00. The Morgan fingerprint density at radius 3 is 1.30 bits per heavy atom. The molecular weight excluding hydrogens is 302 g/mol. The number of benzene rings is 3. The highest BCUT2D eigenvalue weighted by Crippen LogP contribution is 2.26. The first-order valence-corrected chi connectivity index (χ1v) is 7.74. The third-order valence-corrected chi connectivity index (χ3v) is 4.13. The average Bonchev–Trinajstić information content (AvgIpc) is 2.57. The summed E-state index contributed by atoms with van der Waals surface area (Å²) in [5, 5.41) is 0. The van der Waals surface area contributed by atoms with Gasteiger partial charge in [-0.1, -0.05) is 78.9 Å². The van der Waals surface area contributed by atoms with Gasteiger partial charge in [0, 0.05) is 11.1 Å². The molecule has 0 aliphatic heterocycles. The highest BCUT2D eigenvalue weighted by molar-refractivity contribution is 5.43. The summed E-state index contributed by atoms with van der Waals surface area (Å²) in [4.78, 5) is 0. The van der Waals surface area contributed by atoms with Crippen molar-refractivity contribution in [3.05, 3.63) is 102 Å². The van der Waals surface area contributed by atoms with Crippen molar-refractivity contribution < 1.29 is 12.4 Å². The zero-order valence-electron chi connectivity index (χ0n) is 13.4. The normalized spacial score (nSPS) is 10.8. The minimum Gasteiger partial charge on any atom is -1.00 e. The van der Waals surface area contributed by atoms with Gasteiger partial charge in [-0.15, -0.1) is 0 Å². The number of para-hydroxylation sites is 1. The maximum absolute atomic E-state index is 2.31. The van der Waals surface area contributed by atoms with E-state index in [4.69, 9.17) is 0 Å². The standard InChI is InChI=1S/C21H22N.ClH/c1-22(21-15-9-4-10-16-21,17-19-11-5-2-6-12-19)18-20-13-7-3-8-14-20;/h2-16H,17-18H2,1H3;1H/q+1;/p-1. The fourth-order valence-electron chi connectivity index (χ4n) is 3.00. The van der Waals surface area contributed by atoms with Crippen molar-refractivity contribution in [2.45, 2.75) is 13.1 Å². The molecule has 0 spiro atoms. The van der Waals surface area contributed by atoms with E-state index in [1.807, 2.05) is 0 Å². The van der Waals surface area contributed by atoms with Crippen LogP contribution in [-0.2, 0) is 13.1 Å². The molecule has 0 amide bonds. The predicted octanol–water partition coefficient (Wildman–Crippen LogP) is 2.03. The van der Waals surface area contributed by atoms with Gasteiger partial charge in [-0.3, -0.25) is 4.48 Å². The van der Waals surface area contributed by atoms with Crippen molar-refractivity contribution in [1.82, 2.24) is 4.48 Å². The van der Waals surface area contributed by atoms with Crippen LogP contribution in [-0.4, -0.2) is 7.05 Å². The molecule has 3 rings (SSSR count). The number of halogens is 1. The molecule has 0 atom stereocenters. The number of hydrogen-bond acceptors (Lipinski definition) is 0. The van der Waals surface area contributed by atoms with Gasteiger partial charge < -0.3 is 12.4 Å². The van der Waals surface area contributed by atoms with Crippen molar-refractivity contribution in [2.24, 2.45) is 0 Å². The second kappa shape index (κ2) is 7.96. The summed E-state index contributed by atoms with van der Waals surface area (Å²) < 4.78 is 0.870. The van der Waals surface area contributed by atoms with E-state index in [0.717, 1.165) is 17.6 Å². The molecule has 0 radical (unpaired) electrons. The highest BCUT2D eigenvalue weighted by Gasteiger charge is 2.25. The van der Waals surface area contributed by atoms with Gasteiger partial charge in [0.05, 0.1) is 7.05 Å². The largest absolute Gasteiger partial charge is 1.00 e. The van der Waals surface area contributed by atoms with Crippen molar-refractivity contribution >= 4 is 5.69 Å². The molecule has 0 aliphatic carbocycles. The molecule has 0 saturated carbocycles. The summed E-state index contributed by atoms with van der Waals surface area (Å²) in [7, 11) is 2.31. The SMILES string of the molecule is C[N+](Cc1ccccc1)(Cc1ccccc1)c1ccccc1.[Cl-]. The summed E-state index contributed by atoms with van der Waals surface area (Å²) in [5.41, 5.74) is 4.07. The zero-order valence-corrected chi connectivity index (χ0v) is 14.2. The van der Waals surface area contributed by atoms with E-state index < -0.39 is 0 Å². The lowest BCUT2D eigenvalue weighted by atomic mass is 10.1. The van der Waals surface area contributed by atoms with Gasteiger partial charge in [-0.25, -0.2) is 0 Å².